The molecule has 2 amide bonds. The first kappa shape index (κ1) is 23.3. The highest BCUT2D eigenvalue weighted by Crippen LogP contribution is 2.23. The van der Waals surface area contributed by atoms with Crippen LogP contribution in [-0.4, -0.2) is 81.7 Å². The second-order valence-electron chi connectivity index (χ2n) is 9.18. The molecule has 0 radical (unpaired) electrons. The van der Waals surface area contributed by atoms with Gasteiger partial charge in [0.25, 0.3) is 0 Å². The summed E-state index contributed by atoms with van der Waals surface area (Å²) < 4.78 is 5.19. The molecular formula is C27H31N5O3. The lowest BCUT2D eigenvalue weighted by atomic mass is 10.00. The second kappa shape index (κ2) is 10.4. The molecule has 1 atom stereocenters. The molecule has 0 unspecified atom stereocenters. The summed E-state index contributed by atoms with van der Waals surface area (Å²) in [5, 5.41) is 10.7. The van der Waals surface area contributed by atoms with Gasteiger partial charge < -0.3 is 19.6 Å². The van der Waals surface area contributed by atoms with Gasteiger partial charge in [-0.15, -0.1) is 0 Å². The topological polar surface area (TPSA) is 82.0 Å². The lowest BCUT2D eigenvalue weighted by Gasteiger charge is -2.31. The van der Waals surface area contributed by atoms with E-state index in [0.717, 1.165) is 36.3 Å². The number of aromatic nitrogens is 2. The molecule has 3 aromatic rings. The molecule has 0 aliphatic carbocycles. The molecule has 35 heavy (non-hydrogen) atoms. The van der Waals surface area contributed by atoms with Crippen molar-refractivity contribution in [3.63, 3.8) is 0 Å². The third-order valence-electron chi connectivity index (χ3n) is 6.75. The molecule has 4 heterocycles. The van der Waals surface area contributed by atoms with E-state index < -0.39 is 6.10 Å². The van der Waals surface area contributed by atoms with Crippen LogP contribution in [0.15, 0.2) is 60.9 Å². The van der Waals surface area contributed by atoms with E-state index in [1.807, 2.05) is 30.5 Å². The SMILES string of the molecule is COc1cc(-c2ccc(CN3CCN(C[C@H](O)CN4CCc5ccccc5C4)C3=O)nc2)ccn1. The van der Waals surface area contributed by atoms with Crippen LogP contribution in [0, 0.1) is 0 Å². The summed E-state index contributed by atoms with van der Waals surface area (Å²) >= 11 is 0. The van der Waals surface area contributed by atoms with E-state index in [-0.39, 0.29) is 6.03 Å². The standard InChI is InChI=1S/C27H31N5O3/c1-35-26-14-21(8-10-28-26)22-6-7-24(29-15-22)17-31-12-13-32(27(31)34)19-25(33)18-30-11-9-20-4-2-3-5-23(20)16-30/h2-8,10,14-15,25,33H,9,11-13,16-19H2,1H3/t25-/m1/s1. The average Bonchev–Trinajstić information content (AvgIpc) is 3.22. The lowest BCUT2D eigenvalue weighted by molar-refractivity contribution is 0.0812. The molecule has 2 aliphatic rings. The Hall–Kier alpha value is -3.49. The molecule has 8 nitrogen and oxygen atoms in total. The van der Waals surface area contributed by atoms with E-state index in [4.69, 9.17) is 4.74 Å². The van der Waals surface area contributed by atoms with Crippen LogP contribution in [0.2, 0.25) is 0 Å². The molecule has 8 heteroatoms. The summed E-state index contributed by atoms with van der Waals surface area (Å²) in [7, 11) is 1.59. The number of hydrogen-bond acceptors (Lipinski definition) is 6. The first-order valence-electron chi connectivity index (χ1n) is 12.1. The van der Waals surface area contributed by atoms with Gasteiger partial charge in [0.1, 0.15) is 0 Å². The van der Waals surface area contributed by atoms with Gasteiger partial charge in [0.15, 0.2) is 0 Å². The van der Waals surface area contributed by atoms with Crippen molar-refractivity contribution in [2.45, 2.75) is 25.6 Å². The van der Waals surface area contributed by atoms with Gasteiger partial charge in [0.2, 0.25) is 5.88 Å². The number of carbonyl (C=O) groups excluding carboxylic acids is 1. The number of hydrogen-bond donors (Lipinski definition) is 1. The van der Waals surface area contributed by atoms with Gasteiger partial charge in [-0.2, -0.15) is 0 Å². The zero-order valence-corrected chi connectivity index (χ0v) is 20.0. The van der Waals surface area contributed by atoms with Gasteiger partial charge in [-0.3, -0.25) is 9.88 Å². The first-order chi connectivity index (χ1) is 17.1. The Balaban J connectivity index is 1.13. The van der Waals surface area contributed by atoms with Crippen molar-refractivity contribution in [3.8, 4) is 17.0 Å². The molecule has 0 saturated carbocycles. The molecular weight excluding hydrogens is 442 g/mol. The van der Waals surface area contributed by atoms with Gasteiger partial charge in [-0.25, -0.2) is 9.78 Å². The number of fused-ring (bicyclic) bond motifs is 1. The monoisotopic (exact) mass is 473 g/mol. The fourth-order valence-electron chi connectivity index (χ4n) is 4.85. The van der Waals surface area contributed by atoms with Crippen LogP contribution in [-0.2, 0) is 19.5 Å². The van der Waals surface area contributed by atoms with Gasteiger partial charge in [-0.1, -0.05) is 30.3 Å². The first-order valence-corrected chi connectivity index (χ1v) is 12.1. The van der Waals surface area contributed by atoms with Crippen molar-refractivity contribution < 1.29 is 14.6 Å². The smallest absolute Gasteiger partial charge is 0.320 e. The quantitative estimate of drug-likeness (QED) is 0.542. The number of benzene rings is 1. The number of carbonyl (C=O) groups is 1. The Morgan fingerprint density at radius 2 is 1.80 bits per heavy atom. The van der Waals surface area contributed by atoms with Crippen molar-refractivity contribution in [1.29, 1.82) is 0 Å². The van der Waals surface area contributed by atoms with E-state index in [2.05, 4.69) is 39.1 Å². The van der Waals surface area contributed by atoms with Crippen molar-refractivity contribution in [1.82, 2.24) is 24.7 Å². The Morgan fingerprint density at radius 3 is 2.60 bits per heavy atom. The fraction of sp³-hybridized carbons (Fsp3) is 0.370. The summed E-state index contributed by atoms with van der Waals surface area (Å²) in [5.74, 6) is 0.557. The molecule has 5 rings (SSSR count). The summed E-state index contributed by atoms with van der Waals surface area (Å²) in [4.78, 5) is 27.5. The molecule has 182 valence electrons. The maximum absolute atomic E-state index is 12.9. The molecule has 1 fully saturated rings. The molecule has 0 bridgehead atoms. The number of rotatable bonds is 8. The number of amides is 2. The minimum atomic E-state index is -0.570. The van der Waals surface area contributed by atoms with Crippen molar-refractivity contribution in [3.05, 3.63) is 77.7 Å². The molecule has 1 N–H and O–H groups in total. The zero-order valence-electron chi connectivity index (χ0n) is 20.0. The van der Waals surface area contributed by atoms with Crippen LogP contribution >= 0.6 is 0 Å². The highest BCUT2D eigenvalue weighted by molar-refractivity contribution is 5.76. The van der Waals surface area contributed by atoms with Crippen LogP contribution in [0.1, 0.15) is 16.8 Å². The largest absolute Gasteiger partial charge is 0.481 e. The Labute approximate surface area is 205 Å². The van der Waals surface area contributed by atoms with E-state index >= 15 is 0 Å². The van der Waals surface area contributed by atoms with Crippen molar-refractivity contribution in [2.24, 2.45) is 0 Å². The summed E-state index contributed by atoms with van der Waals surface area (Å²) in [6, 6.07) is 16.2. The minimum Gasteiger partial charge on any atom is -0.481 e. The fourth-order valence-corrected chi connectivity index (χ4v) is 4.85. The van der Waals surface area contributed by atoms with Crippen LogP contribution in [0.3, 0.4) is 0 Å². The number of nitrogens with zero attached hydrogens (tertiary/aromatic N) is 5. The third kappa shape index (κ3) is 5.44. The minimum absolute atomic E-state index is 0.0437. The maximum Gasteiger partial charge on any atom is 0.320 e. The van der Waals surface area contributed by atoms with Gasteiger partial charge in [0, 0.05) is 63.3 Å². The number of urea groups is 1. The summed E-state index contributed by atoms with van der Waals surface area (Å²) in [5.41, 5.74) is 5.50. The van der Waals surface area contributed by atoms with Crippen LogP contribution in [0.4, 0.5) is 4.79 Å². The van der Waals surface area contributed by atoms with Crippen LogP contribution in [0.25, 0.3) is 11.1 Å². The third-order valence-corrected chi connectivity index (χ3v) is 6.75. The zero-order chi connectivity index (χ0) is 24.2. The second-order valence-corrected chi connectivity index (χ2v) is 9.18. The summed E-state index contributed by atoms with van der Waals surface area (Å²) in [6.45, 7) is 4.41. The van der Waals surface area contributed by atoms with Crippen LogP contribution in [0.5, 0.6) is 5.88 Å². The van der Waals surface area contributed by atoms with Gasteiger partial charge in [-0.05, 0) is 35.2 Å². The number of pyridine rings is 2. The predicted octanol–water partition coefficient (Wildman–Crippen LogP) is 2.81. The van der Waals surface area contributed by atoms with Crippen LogP contribution < -0.4 is 4.74 Å². The van der Waals surface area contributed by atoms with E-state index in [1.54, 1.807) is 23.1 Å². The molecule has 2 aliphatic heterocycles. The predicted molar refractivity (Wildman–Crippen MR) is 133 cm³/mol. The van der Waals surface area contributed by atoms with E-state index in [9.17, 15) is 9.90 Å². The van der Waals surface area contributed by atoms with Crippen molar-refractivity contribution >= 4 is 6.03 Å². The maximum atomic E-state index is 12.9. The Kier molecular flexibility index (Phi) is 6.92. The van der Waals surface area contributed by atoms with Crippen molar-refractivity contribution in [2.75, 3.05) is 39.8 Å². The Morgan fingerprint density at radius 1 is 0.971 bits per heavy atom. The van der Waals surface area contributed by atoms with Gasteiger partial charge in [0.05, 0.1) is 25.5 Å². The molecule has 2 aromatic heterocycles. The van der Waals surface area contributed by atoms with E-state index in [1.165, 1.54) is 11.1 Å². The number of aliphatic hydroxyl groups excluding tert-OH is 1. The normalized spacial score (nSPS) is 16.9. The number of β-amino-alcohol motifs (C(OH)–C–C–N with tert-alkyl or cyclic N) is 1. The molecule has 1 aromatic carbocycles. The lowest BCUT2D eigenvalue weighted by Crippen LogP contribution is -2.43. The molecule has 1 saturated heterocycles. The number of ether oxygens (including phenoxy) is 1. The highest BCUT2D eigenvalue weighted by Gasteiger charge is 2.30. The van der Waals surface area contributed by atoms with E-state index in [0.29, 0.717) is 38.6 Å². The number of aliphatic hydroxyl groups is 1. The molecule has 0 spiro atoms. The summed E-state index contributed by atoms with van der Waals surface area (Å²) in [6.07, 6.45) is 3.94. The highest BCUT2D eigenvalue weighted by atomic mass is 16.5. The Bertz CT molecular complexity index is 1170. The van der Waals surface area contributed by atoms with Gasteiger partial charge >= 0.3 is 6.03 Å². The number of methoxy groups -OCH3 is 1. The average molecular weight is 474 g/mol.